The molecule has 0 aliphatic carbocycles. The maximum atomic E-state index is 10.4. The summed E-state index contributed by atoms with van der Waals surface area (Å²) < 4.78 is 1.13. The van der Waals surface area contributed by atoms with E-state index in [0.29, 0.717) is 9.98 Å². The molecule has 0 bridgehead atoms. The lowest BCUT2D eigenvalue weighted by molar-refractivity contribution is -0.384. The molecular formula is C7H5ClN2O3S. The largest absolute Gasteiger partial charge is 0.412 e. The second kappa shape index (κ2) is 3.87. The van der Waals surface area contributed by atoms with Gasteiger partial charge in [0.1, 0.15) is 0 Å². The summed E-state index contributed by atoms with van der Waals surface area (Å²) in [5.74, 6) is 0. The molecule has 0 spiro atoms. The number of non-ortho nitro benzene ring substituents is 1. The van der Waals surface area contributed by atoms with Crippen LogP contribution in [-0.2, 0) is 0 Å². The van der Waals surface area contributed by atoms with Gasteiger partial charge in [-0.25, -0.2) is 4.98 Å². The zero-order valence-electron chi connectivity index (χ0n) is 6.73. The highest BCUT2D eigenvalue weighted by molar-refractivity contribution is 7.22. The molecule has 7 heteroatoms. The van der Waals surface area contributed by atoms with Crippen LogP contribution in [-0.4, -0.2) is 15.4 Å². The van der Waals surface area contributed by atoms with Crippen LogP contribution in [0.25, 0.3) is 10.2 Å². The first-order chi connectivity index (χ1) is 6.16. The SMILES string of the molecule is O.O=[N+]([O-])c1ccc2nc(Cl)sc2c1. The van der Waals surface area contributed by atoms with Crippen LogP contribution in [0.4, 0.5) is 5.69 Å². The second-order valence-corrected chi connectivity index (χ2v) is 3.99. The van der Waals surface area contributed by atoms with E-state index in [0.717, 1.165) is 4.70 Å². The molecule has 5 nitrogen and oxygen atoms in total. The van der Waals surface area contributed by atoms with Crippen LogP contribution in [0.2, 0.25) is 4.47 Å². The molecule has 0 aliphatic heterocycles. The number of fused-ring (bicyclic) bond motifs is 1. The Balaban J connectivity index is 0.000000980. The standard InChI is InChI=1S/C7H3ClN2O2S.H2O/c8-7-9-5-2-1-4(10(11)12)3-6(5)13-7;/h1-3H;1H2. The summed E-state index contributed by atoms with van der Waals surface area (Å²) in [7, 11) is 0. The van der Waals surface area contributed by atoms with Crippen molar-refractivity contribution in [2.45, 2.75) is 0 Å². The Morgan fingerprint density at radius 2 is 2.21 bits per heavy atom. The van der Waals surface area contributed by atoms with E-state index < -0.39 is 4.92 Å². The van der Waals surface area contributed by atoms with E-state index in [9.17, 15) is 10.1 Å². The summed E-state index contributed by atoms with van der Waals surface area (Å²) >= 11 is 6.89. The molecule has 0 fully saturated rings. The van der Waals surface area contributed by atoms with E-state index in [2.05, 4.69) is 4.98 Å². The van der Waals surface area contributed by atoms with Crippen molar-refractivity contribution in [2.75, 3.05) is 0 Å². The Morgan fingerprint density at radius 1 is 1.50 bits per heavy atom. The average Bonchev–Trinajstić information content (AvgIpc) is 2.42. The van der Waals surface area contributed by atoms with Crippen molar-refractivity contribution in [2.24, 2.45) is 0 Å². The van der Waals surface area contributed by atoms with Gasteiger partial charge in [0.25, 0.3) is 5.69 Å². The first kappa shape index (κ1) is 10.8. The average molecular weight is 233 g/mol. The molecule has 14 heavy (non-hydrogen) atoms. The summed E-state index contributed by atoms with van der Waals surface area (Å²) in [6.07, 6.45) is 0. The Kier molecular flexibility index (Phi) is 3.00. The van der Waals surface area contributed by atoms with E-state index in [1.54, 1.807) is 6.07 Å². The second-order valence-electron chi connectivity index (χ2n) is 2.38. The van der Waals surface area contributed by atoms with Gasteiger partial charge in [0.15, 0.2) is 4.47 Å². The zero-order chi connectivity index (χ0) is 9.42. The summed E-state index contributed by atoms with van der Waals surface area (Å²) in [6, 6.07) is 4.48. The number of nitrogens with zero attached hydrogens (tertiary/aromatic N) is 2. The van der Waals surface area contributed by atoms with Crippen LogP contribution in [0.15, 0.2) is 18.2 Å². The van der Waals surface area contributed by atoms with Gasteiger partial charge in [0.05, 0.1) is 15.1 Å². The number of benzene rings is 1. The monoisotopic (exact) mass is 232 g/mol. The van der Waals surface area contributed by atoms with Crippen LogP contribution < -0.4 is 0 Å². The van der Waals surface area contributed by atoms with Crippen molar-refractivity contribution in [3.63, 3.8) is 0 Å². The lowest BCUT2D eigenvalue weighted by Crippen LogP contribution is -1.85. The molecule has 1 aromatic carbocycles. The van der Waals surface area contributed by atoms with Crippen LogP contribution >= 0.6 is 22.9 Å². The van der Waals surface area contributed by atoms with Gasteiger partial charge >= 0.3 is 0 Å². The minimum absolute atomic E-state index is 0. The number of hydrogen-bond donors (Lipinski definition) is 0. The van der Waals surface area contributed by atoms with Crippen LogP contribution in [0.3, 0.4) is 0 Å². The van der Waals surface area contributed by atoms with Crippen molar-refractivity contribution in [3.8, 4) is 0 Å². The van der Waals surface area contributed by atoms with Gasteiger partial charge in [0.2, 0.25) is 0 Å². The third-order valence-corrected chi connectivity index (χ3v) is 2.68. The van der Waals surface area contributed by atoms with Gasteiger partial charge in [-0.3, -0.25) is 10.1 Å². The van der Waals surface area contributed by atoms with Gasteiger partial charge in [0, 0.05) is 12.1 Å². The Hall–Kier alpha value is -1.24. The molecule has 2 rings (SSSR count). The molecule has 2 aromatic rings. The van der Waals surface area contributed by atoms with Crippen LogP contribution in [0.5, 0.6) is 0 Å². The minimum atomic E-state index is -0.437. The third-order valence-electron chi connectivity index (χ3n) is 1.56. The normalized spacial score (nSPS) is 9.79. The van der Waals surface area contributed by atoms with Gasteiger partial charge in [-0.15, -0.1) is 11.3 Å². The van der Waals surface area contributed by atoms with E-state index in [1.165, 1.54) is 23.5 Å². The number of nitro benzene ring substituents is 1. The first-order valence-electron chi connectivity index (χ1n) is 3.37. The minimum Gasteiger partial charge on any atom is -0.412 e. The fourth-order valence-electron chi connectivity index (χ4n) is 0.999. The highest BCUT2D eigenvalue weighted by Crippen LogP contribution is 2.28. The van der Waals surface area contributed by atoms with Gasteiger partial charge in [-0.2, -0.15) is 0 Å². The fraction of sp³-hybridized carbons (Fsp3) is 0. The number of rotatable bonds is 1. The molecule has 0 saturated heterocycles. The highest BCUT2D eigenvalue weighted by Gasteiger charge is 2.08. The van der Waals surface area contributed by atoms with E-state index in [4.69, 9.17) is 11.6 Å². The third kappa shape index (κ3) is 1.82. The number of aromatic nitrogens is 1. The maximum absolute atomic E-state index is 10.4. The molecule has 0 radical (unpaired) electrons. The summed E-state index contributed by atoms with van der Waals surface area (Å²) in [5.41, 5.74) is 0.758. The van der Waals surface area contributed by atoms with Gasteiger partial charge in [-0.05, 0) is 6.07 Å². The molecule has 1 heterocycles. The number of hydrogen-bond acceptors (Lipinski definition) is 4. The molecule has 0 unspecified atom stereocenters. The van der Waals surface area contributed by atoms with Crippen molar-refractivity contribution < 1.29 is 10.4 Å². The van der Waals surface area contributed by atoms with Crippen LogP contribution in [0, 0.1) is 10.1 Å². The maximum Gasteiger partial charge on any atom is 0.270 e. The molecule has 2 N–H and O–H groups in total. The lowest BCUT2D eigenvalue weighted by atomic mass is 10.3. The Labute approximate surface area is 87.4 Å². The fourth-order valence-corrected chi connectivity index (χ4v) is 2.06. The number of thiazole rings is 1. The lowest BCUT2D eigenvalue weighted by Gasteiger charge is -1.88. The molecule has 0 aliphatic rings. The molecule has 74 valence electrons. The van der Waals surface area contributed by atoms with Crippen molar-refractivity contribution >= 4 is 38.8 Å². The summed E-state index contributed by atoms with van der Waals surface area (Å²) in [4.78, 5) is 13.9. The van der Waals surface area contributed by atoms with Crippen molar-refractivity contribution in [1.29, 1.82) is 0 Å². The smallest absolute Gasteiger partial charge is 0.270 e. The highest BCUT2D eigenvalue weighted by atomic mass is 35.5. The predicted molar refractivity (Wildman–Crippen MR) is 54.9 cm³/mol. The van der Waals surface area contributed by atoms with E-state index in [1.807, 2.05) is 0 Å². The summed E-state index contributed by atoms with van der Waals surface area (Å²) in [6.45, 7) is 0. The zero-order valence-corrected chi connectivity index (χ0v) is 8.30. The van der Waals surface area contributed by atoms with Crippen molar-refractivity contribution in [1.82, 2.24) is 4.98 Å². The topological polar surface area (TPSA) is 87.5 Å². The Bertz CT molecular complexity index is 485. The number of halogens is 1. The summed E-state index contributed by atoms with van der Waals surface area (Å²) in [5, 5.41) is 10.4. The van der Waals surface area contributed by atoms with Crippen LogP contribution in [0.1, 0.15) is 0 Å². The van der Waals surface area contributed by atoms with E-state index >= 15 is 0 Å². The Morgan fingerprint density at radius 3 is 2.86 bits per heavy atom. The quantitative estimate of drug-likeness (QED) is 0.557. The van der Waals surface area contributed by atoms with Gasteiger partial charge < -0.3 is 5.48 Å². The predicted octanol–water partition coefficient (Wildman–Crippen LogP) is 2.03. The molecular weight excluding hydrogens is 228 g/mol. The van der Waals surface area contributed by atoms with Crippen molar-refractivity contribution in [3.05, 3.63) is 32.8 Å². The first-order valence-corrected chi connectivity index (χ1v) is 4.57. The molecule has 1 aromatic heterocycles. The number of nitro groups is 1. The molecule has 0 saturated carbocycles. The van der Waals surface area contributed by atoms with E-state index in [-0.39, 0.29) is 11.2 Å². The van der Waals surface area contributed by atoms with Gasteiger partial charge in [-0.1, -0.05) is 11.6 Å². The molecule has 0 amide bonds. The molecule has 0 atom stereocenters.